The van der Waals surface area contributed by atoms with Crippen molar-refractivity contribution in [3.05, 3.63) is 86.7 Å². The van der Waals surface area contributed by atoms with Gasteiger partial charge in [0.2, 0.25) is 0 Å². The van der Waals surface area contributed by atoms with Crippen molar-refractivity contribution < 1.29 is 14.3 Å². The molecule has 0 unspecified atom stereocenters. The number of pyridine rings is 3. The van der Waals surface area contributed by atoms with Gasteiger partial charge in [0.25, 0.3) is 11.5 Å². The molecule has 0 atom stereocenters. The number of carbonyl (C=O) groups is 1. The second kappa shape index (κ2) is 12.2. The van der Waals surface area contributed by atoms with E-state index in [0.717, 1.165) is 53.0 Å². The number of methoxy groups -OCH3 is 1. The molecule has 5 rings (SSSR count). The number of aromatic nitrogens is 3. The minimum atomic E-state index is -0.277. The standard InChI is InChI=1S/C33H39N5O4/c1-7-24(22-10-14-42-15-11-22)31-21(3)26(32(39)35-19-27-29(41-6)16-20(2)36-33(27)40)18-28-25(9-13-38(28)31)23-8-12-34-30(17-23)37(4)5/h8-9,12-13,16-18H,7,10-11,14-15,19H2,1-6H3,(H,35,39)(H,36,40). The molecular formula is C33H39N5O4. The second-order valence-electron chi connectivity index (χ2n) is 10.9. The van der Waals surface area contributed by atoms with Gasteiger partial charge in [0, 0.05) is 43.3 Å². The molecular weight excluding hydrogens is 530 g/mol. The van der Waals surface area contributed by atoms with Gasteiger partial charge in [0.15, 0.2) is 0 Å². The maximum atomic E-state index is 13.9. The van der Waals surface area contributed by atoms with Gasteiger partial charge in [-0.05, 0) is 80.1 Å². The third-order valence-electron chi connectivity index (χ3n) is 8.00. The van der Waals surface area contributed by atoms with Crippen molar-refractivity contribution >= 4 is 22.8 Å². The van der Waals surface area contributed by atoms with Crippen LogP contribution in [0, 0.1) is 13.8 Å². The number of carbonyl (C=O) groups excluding carboxylic acids is 1. The summed E-state index contributed by atoms with van der Waals surface area (Å²) in [5.74, 6) is 1.06. The van der Waals surface area contributed by atoms with Crippen LogP contribution in [-0.4, -0.2) is 54.7 Å². The van der Waals surface area contributed by atoms with Gasteiger partial charge in [0.05, 0.1) is 43.6 Å². The van der Waals surface area contributed by atoms with Gasteiger partial charge in [0.1, 0.15) is 11.6 Å². The van der Waals surface area contributed by atoms with E-state index in [9.17, 15) is 9.59 Å². The molecule has 4 aromatic heterocycles. The summed E-state index contributed by atoms with van der Waals surface area (Å²) < 4.78 is 13.3. The number of aromatic amines is 1. The number of anilines is 1. The lowest BCUT2D eigenvalue weighted by atomic mass is 9.91. The van der Waals surface area contributed by atoms with E-state index in [1.165, 1.54) is 18.3 Å². The first kappa shape index (κ1) is 29.1. The van der Waals surface area contributed by atoms with E-state index in [2.05, 4.69) is 44.9 Å². The fraction of sp³-hybridized carbons (Fsp3) is 0.364. The number of amides is 1. The highest BCUT2D eigenvalue weighted by atomic mass is 16.5. The lowest BCUT2D eigenvalue weighted by Crippen LogP contribution is -2.28. The number of nitrogens with one attached hydrogen (secondary N) is 2. The number of hydrogen-bond acceptors (Lipinski definition) is 6. The molecule has 0 aliphatic carbocycles. The molecule has 0 saturated carbocycles. The van der Waals surface area contributed by atoms with Crippen LogP contribution in [0.4, 0.5) is 5.82 Å². The number of allylic oxidation sites excluding steroid dienone is 1. The molecule has 220 valence electrons. The van der Waals surface area contributed by atoms with Crippen LogP contribution >= 0.6 is 0 Å². The average molecular weight is 570 g/mol. The van der Waals surface area contributed by atoms with Crippen molar-refractivity contribution in [3.8, 4) is 16.9 Å². The van der Waals surface area contributed by atoms with Crippen LogP contribution in [0.3, 0.4) is 0 Å². The summed E-state index contributed by atoms with van der Waals surface area (Å²) in [6.07, 6.45) is 6.49. The lowest BCUT2D eigenvalue weighted by molar-refractivity contribution is 0.0950. The third kappa shape index (κ3) is 5.56. The first-order chi connectivity index (χ1) is 20.2. The highest BCUT2D eigenvalue weighted by molar-refractivity contribution is 6.00. The van der Waals surface area contributed by atoms with Crippen molar-refractivity contribution in [3.63, 3.8) is 0 Å². The Labute approximate surface area is 246 Å². The number of fused-ring (bicyclic) bond motifs is 1. The number of hydrogen-bond donors (Lipinski definition) is 2. The highest BCUT2D eigenvalue weighted by Gasteiger charge is 2.23. The summed E-state index contributed by atoms with van der Waals surface area (Å²) in [6.45, 7) is 7.42. The SMILES string of the molecule is CCC(=C1CCOCC1)c1c(C)c(C(=O)NCc2c(OC)cc(C)[nH]c2=O)cc2c(-c3ccnc(N(C)C)c3)ccn12. The Bertz CT molecular complexity index is 1720. The van der Waals surface area contributed by atoms with Gasteiger partial charge in [-0.2, -0.15) is 0 Å². The third-order valence-corrected chi connectivity index (χ3v) is 8.00. The molecule has 1 aliphatic rings. The largest absolute Gasteiger partial charge is 0.496 e. The van der Waals surface area contributed by atoms with E-state index in [4.69, 9.17) is 9.47 Å². The van der Waals surface area contributed by atoms with Gasteiger partial charge in [-0.25, -0.2) is 4.98 Å². The molecule has 0 radical (unpaired) electrons. The summed E-state index contributed by atoms with van der Waals surface area (Å²) in [5, 5.41) is 2.99. The highest BCUT2D eigenvalue weighted by Crippen LogP contribution is 2.36. The lowest BCUT2D eigenvalue weighted by Gasteiger charge is -2.23. The van der Waals surface area contributed by atoms with Crippen LogP contribution in [-0.2, 0) is 11.3 Å². The van der Waals surface area contributed by atoms with Crippen molar-refractivity contribution in [2.75, 3.05) is 39.3 Å². The molecule has 4 aromatic rings. The van der Waals surface area contributed by atoms with E-state index < -0.39 is 0 Å². The predicted molar refractivity (Wildman–Crippen MR) is 166 cm³/mol. The molecule has 9 heteroatoms. The van der Waals surface area contributed by atoms with Gasteiger partial charge < -0.3 is 29.1 Å². The van der Waals surface area contributed by atoms with Crippen LogP contribution < -0.4 is 20.5 Å². The van der Waals surface area contributed by atoms with Gasteiger partial charge >= 0.3 is 0 Å². The van der Waals surface area contributed by atoms with Crippen LogP contribution in [0.2, 0.25) is 0 Å². The number of rotatable bonds is 8. The van der Waals surface area contributed by atoms with Crippen LogP contribution in [0.1, 0.15) is 59.1 Å². The first-order valence-corrected chi connectivity index (χ1v) is 14.4. The molecule has 1 fully saturated rings. The van der Waals surface area contributed by atoms with Crippen LogP contribution in [0.15, 0.2) is 53.1 Å². The summed E-state index contributed by atoms with van der Waals surface area (Å²) in [5.41, 5.74) is 8.88. The molecule has 1 aliphatic heterocycles. The van der Waals surface area contributed by atoms with E-state index >= 15 is 0 Å². The molecule has 0 spiro atoms. The molecule has 2 N–H and O–H groups in total. The molecule has 1 saturated heterocycles. The topological polar surface area (TPSA) is 101 Å². The zero-order valence-electron chi connectivity index (χ0n) is 25.3. The van der Waals surface area contributed by atoms with Crippen LogP contribution in [0.25, 0.3) is 22.2 Å². The Kier molecular flexibility index (Phi) is 8.49. The Hall–Kier alpha value is -4.37. The Morgan fingerprint density at radius 1 is 1.17 bits per heavy atom. The normalized spacial score (nSPS) is 13.3. The minimum absolute atomic E-state index is 0.0427. The zero-order chi connectivity index (χ0) is 30.0. The molecule has 9 nitrogen and oxygen atoms in total. The molecule has 0 bridgehead atoms. The summed E-state index contributed by atoms with van der Waals surface area (Å²) in [7, 11) is 5.46. The zero-order valence-corrected chi connectivity index (χ0v) is 25.3. The van der Waals surface area contributed by atoms with E-state index in [0.29, 0.717) is 35.8 Å². The second-order valence-corrected chi connectivity index (χ2v) is 10.9. The number of ether oxygens (including phenoxy) is 2. The van der Waals surface area contributed by atoms with E-state index in [1.807, 2.05) is 44.2 Å². The van der Waals surface area contributed by atoms with Crippen molar-refractivity contribution in [1.82, 2.24) is 19.7 Å². The maximum Gasteiger partial charge on any atom is 0.256 e. The average Bonchev–Trinajstić information content (AvgIpc) is 3.41. The molecule has 5 heterocycles. The first-order valence-electron chi connectivity index (χ1n) is 14.4. The smallest absolute Gasteiger partial charge is 0.256 e. The van der Waals surface area contributed by atoms with E-state index in [1.54, 1.807) is 13.0 Å². The molecule has 1 amide bonds. The summed E-state index contributed by atoms with van der Waals surface area (Å²) >= 11 is 0. The molecule has 42 heavy (non-hydrogen) atoms. The van der Waals surface area contributed by atoms with Gasteiger partial charge in [-0.15, -0.1) is 0 Å². The molecule has 0 aromatic carbocycles. The Morgan fingerprint density at radius 2 is 1.93 bits per heavy atom. The quantitative estimate of drug-likeness (QED) is 0.299. The van der Waals surface area contributed by atoms with Gasteiger partial charge in [-0.3, -0.25) is 9.59 Å². The van der Waals surface area contributed by atoms with Crippen LogP contribution in [0.5, 0.6) is 5.75 Å². The predicted octanol–water partition coefficient (Wildman–Crippen LogP) is 5.29. The number of H-pyrrole nitrogens is 1. The van der Waals surface area contributed by atoms with Crippen molar-refractivity contribution in [1.29, 1.82) is 0 Å². The fourth-order valence-corrected chi connectivity index (χ4v) is 5.83. The Balaban J connectivity index is 1.66. The van der Waals surface area contributed by atoms with Gasteiger partial charge in [-0.1, -0.05) is 12.5 Å². The maximum absolute atomic E-state index is 13.9. The number of nitrogens with zero attached hydrogens (tertiary/aromatic N) is 3. The fourth-order valence-electron chi connectivity index (χ4n) is 5.83. The Morgan fingerprint density at radius 3 is 2.62 bits per heavy atom. The van der Waals surface area contributed by atoms with Crippen molar-refractivity contribution in [2.24, 2.45) is 0 Å². The summed E-state index contributed by atoms with van der Waals surface area (Å²) in [4.78, 5) is 35.8. The van der Waals surface area contributed by atoms with E-state index in [-0.39, 0.29) is 18.0 Å². The monoisotopic (exact) mass is 569 g/mol. The van der Waals surface area contributed by atoms with Crippen molar-refractivity contribution in [2.45, 2.75) is 46.6 Å². The minimum Gasteiger partial charge on any atom is -0.496 e. The summed E-state index contributed by atoms with van der Waals surface area (Å²) in [6, 6.07) is 9.87. The number of aryl methyl sites for hydroxylation is 1.